The van der Waals surface area contributed by atoms with Gasteiger partial charge in [-0.15, -0.1) is 11.3 Å². The van der Waals surface area contributed by atoms with Crippen molar-refractivity contribution in [2.75, 3.05) is 33.4 Å². The molecule has 0 spiro atoms. The summed E-state index contributed by atoms with van der Waals surface area (Å²) in [5.74, 6) is -2.67. The van der Waals surface area contributed by atoms with E-state index in [-0.39, 0.29) is 12.8 Å². The minimum Gasteiger partial charge on any atom is -0.490 e. The molecule has 2 rings (SSSR count). The second-order valence-electron chi connectivity index (χ2n) is 4.78. The van der Waals surface area contributed by atoms with Crippen LogP contribution < -0.4 is 4.74 Å². The zero-order valence-electron chi connectivity index (χ0n) is 11.5. The number of esters is 1. The molecule has 0 bridgehead atoms. The molecular formula is C13H16ClF2NO3S. The molecular weight excluding hydrogens is 324 g/mol. The number of alkyl halides is 2. The first kappa shape index (κ1) is 16.5. The van der Waals surface area contributed by atoms with Crippen LogP contribution in [0.25, 0.3) is 0 Å². The molecule has 0 atom stereocenters. The predicted molar refractivity (Wildman–Crippen MR) is 76.8 cm³/mol. The molecule has 1 aromatic rings. The van der Waals surface area contributed by atoms with Gasteiger partial charge >= 0.3 is 5.97 Å². The van der Waals surface area contributed by atoms with Gasteiger partial charge in [-0.2, -0.15) is 0 Å². The van der Waals surface area contributed by atoms with E-state index in [1.807, 2.05) is 4.90 Å². The molecule has 0 radical (unpaired) electrons. The Hall–Kier alpha value is -0.920. The van der Waals surface area contributed by atoms with Crippen LogP contribution in [0, 0.1) is 0 Å². The normalized spacial score (nSPS) is 18.5. The van der Waals surface area contributed by atoms with E-state index in [1.165, 1.54) is 7.11 Å². The van der Waals surface area contributed by atoms with E-state index in [0.717, 1.165) is 11.3 Å². The number of rotatable bonds is 5. The Labute approximate surface area is 130 Å². The fraction of sp³-hybridized carbons (Fsp3) is 0.615. The van der Waals surface area contributed by atoms with Gasteiger partial charge in [0, 0.05) is 38.5 Å². The van der Waals surface area contributed by atoms with Crippen LogP contribution in [0.4, 0.5) is 8.78 Å². The Morgan fingerprint density at radius 1 is 1.48 bits per heavy atom. The first-order valence-corrected chi connectivity index (χ1v) is 7.71. The summed E-state index contributed by atoms with van der Waals surface area (Å²) in [4.78, 5) is 13.8. The van der Waals surface area contributed by atoms with E-state index in [4.69, 9.17) is 16.3 Å². The molecule has 21 heavy (non-hydrogen) atoms. The van der Waals surface area contributed by atoms with Crippen LogP contribution in [0.5, 0.6) is 5.75 Å². The molecule has 0 aromatic carbocycles. The molecule has 1 fully saturated rings. The minimum absolute atomic E-state index is 0.120. The topological polar surface area (TPSA) is 38.8 Å². The number of methoxy groups -OCH3 is 1. The van der Waals surface area contributed by atoms with Crippen LogP contribution in [-0.2, 0) is 4.74 Å². The van der Waals surface area contributed by atoms with Crippen molar-refractivity contribution in [2.24, 2.45) is 0 Å². The highest BCUT2D eigenvalue weighted by atomic mass is 35.5. The van der Waals surface area contributed by atoms with Crippen LogP contribution in [0.3, 0.4) is 0 Å². The lowest BCUT2D eigenvalue weighted by Gasteiger charge is -2.31. The van der Waals surface area contributed by atoms with Gasteiger partial charge in [-0.3, -0.25) is 4.90 Å². The first-order chi connectivity index (χ1) is 9.91. The second-order valence-corrected chi connectivity index (χ2v) is 6.47. The number of halogens is 3. The van der Waals surface area contributed by atoms with Gasteiger partial charge in [-0.05, 0) is 0 Å². The third-order valence-electron chi connectivity index (χ3n) is 3.29. The summed E-state index contributed by atoms with van der Waals surface area (Å²) < 4.78 is 36.7. The molecule has 1 aliphatic heterocycles. The molecule has 4 nitrogen and oxygen atoms in total. The Morgan fingerprint density at radius 2 is 2.14 bits per heavy atom. The Balaban J connectivity index is 1.83. The second kappa shape index (κ2) is 6.89. The van der Waals surface area contributed by atoms with Crippen molar-refractivity contribution in [1.29, 1.82) is 0 Å². The quantitative estimate of drug-likeness (QED) is 0.772. The molecule has 0 amide bonds. The molecule has 8 heteroatoms. The monoisotopic (exact) mass is 339 g/mol. The van der Waals surface area contributed by atoms with Gasteiger partial charge in [-0.25, -0.2) is 13.6 Å². The zero-order chi connectivity index (χ0) is 15.5. The van der Waals surface area contributed by atoms with Gasteiger partial charge in [0.1, 0.15) is 12.4 Å². The molecule has 1 aliphatic rings. The van der Waals surface area contributed by atoms with E-state index in [0.29, 0.717) is 41.2 Å². The molecule has 118 valence electrons. The molecule has 0 saturated carbocycles. The molecule has 1 saturated heterocycles. The van der Waals surface area contributed by atoms with Crippen molar-refractivity contribution in [2.45, 2.75) is 18.8 Å². The maximum absolute atomic E-state index is 13.0. The fourth-order valence-electron chi connectivity index (χ4n) is 2.08. The SMILES string of the molecule is COC(=O)c1sc(Cl)cc1OCCN1CCC(F)(F)CC1. The number of ether oxygens (including phenoxy) is 2. The van der Waals surface area contributed by atoms with Crippen molar-refractivity contribution in [1.82, 2.24) is 4.90 Å². The first-order valence-electron chi connectivity index (χ1n) is 6.52. The van der Waals surface area contributed by atoms with Crippen LogP contribution >= 0.6 is 22.9 Å². The van der Waals surface area contributed by atoms with Crippen molar-refractivity contribution in [3.63, 3.8) is 0 Å². The summed E-state index contributed by atoms with van der Waals surface area (Å²) in [5, 5.41) is 0. The molecule has 1 aromatic heterocycles. The van der Waals surface area contributed by atoms with Crippen LogP contribution in [0.1, 0.15) is 22.5 Å². The summed E-state index contributed by atoms with van der Waals surface area (Å²) in [6, 6.07) is 1.56. The average molecular weight is 340 g/mol. The molecule has 0 aliphatic carbocycles. The van der Waals surface area contributed by atoms with E-state index < -0.39 is 11.9 Å². The number of hydrogen-bond donors (Lipinski definition) is 0. The summed E-state index contributed by atoms with van der Waals surface area (Å²) in [5.41, 5.74) is 0. The highest BCUT2D eigenvalue weighted by Crippen LogP contribution is 2.33. The van der Waals surface area contributed by atoms with Gasteiger partial charge in [-0.1, -0.05) is 11.6 Å². The Bertz CT molecular complexity index is 500. The van der Waals surface area contributed by atoms with Gasteiger partial charge in [0.25, 0.3) is 5.92 Å². The summed E-state index contributed by atoms with van der Waals surface area (Å²) in [6.45, 7) is 1.54. The largest absolute Gasteiger partial charge is 0.490 e. The standard InChI is InChI=1S/C13H16ClF2NO3S/c1-19-12(18)11-9(8-10(14)21-11)20-7-6-17-4-2-13(15,16)3-5-17/h8H,2-7H2,1H3. The average Bonchev–Trinajstić information content (AvgIpc) is 2.81. The van der Waals surface area contributed by atoms with Gasteiger partial charge in [0.05, 0.1) is 11.4 Å². The van der Waals surface area contributed by atoms with E-state index in [1.54, 1.807) is 6.07 Å². The number of nitrogens with zero attached hydrogens (tertiary/aromatic N) is 1. The summed E-state index contributed by atoms with van der Waals surface area (Å²) in [6.07, 6.45) is -0.241. The number of carbonyl (C=O) groups excluding carboxylic acids is 1. The zero-order valence-corrected chi connectivity index (χ0v) is 13.1. The number of likely N-dealkylation sites (tertiary alicyclic amines) is 1. The van der Waals surface area contributed by atoms with Crippen molar-refractivity contribution < 1.29 is 23.0 Å². The van der Waals surface area contributed by atoms with E-state index in [2.05, 4.69) is 4.74 Å². The maximum atomic E-state index is 13.0. The van der Waals surface area contributed by atoms with Gasteiger partial charge in [0.2, 0.25) is 0 Å². The summed E-state index contributed by atoms with van der Waals surface area (Å²) >= 11 is 6.95. The van der Waals surface area contributed by atoms with Gasteiger partial charge < -0.3 is 9.47 Å². The highest BCUT2D eigenvalue weighted by molar-refractivity contribution is 7.18. The van der Waals surface area contributed by atoms with Crippen LogP contribution in [-0.4, -0.2) is 50.1 Å². The van der Waals surface area contributed by atoms with Crippen LogP contribution in [0.2, 0.25) is 4.34 Å². The van der Waals surface area contributed by atoms with Crippen LogP contribution in [0.15, 0.2) is 6.07 Å². The third-order valence-corrected chi connectivity index (χ3v) is 4.52. The minimum atomic E-state index is -2.55. The van der Waals surface area contributed by atoms with E-state index in [9.17, 15) is 13.6 Å². The van der Waals surface area contributed by atoms with Crippen molar-refractivity contribution >= 4 is 28.9 Å². The maximum Gasteiger partial charge on any atom is 0.351 e. The van der Waals surface area contributed by atoms with Crippen molar-refractivity contribution in [3.8, 4) is 5.75 Å². The lowest BCUT2D eigenvalue weighted by atomic mass is 10.1. The van der Waals surface area contributed by atoms with Crippen molar-refractivity contribution in [3.05, 3.63) is 15.3 Å². The predicted octanol–water partition coefficient (Wildman–Crippen LogP) is 3.30. The Kier molecular flexibility index (Phi) is 5.40. The van der Waals surface area contributed by atoms with E-state index >= 15 is 0 Å². The smallest absolute Gasteiger partial charge is 0.351 e. The molecule has 2 heterocycles. The molecule has 0 unspecified atom stereocenters. The lowest BCUT2D eigenvalue weighted by Crippen LogP contribution is -2.41. The third kappa shape index (κ3) is 4.52. The van der Waals surface area contributed by atoms with Gasteiger partial charge in [0.15, 0.2) is 4.88 Å². The fourth-order valence-corrected chi connectivity index (χ4v) is 3.15. The number of piperidine rings is 1. The lowest BCUT2D eigenvalue weighted by molar-refractivity contribution is -0.0564. The number of carbonyl (C=O) groups is 1. The summed E-state index contributed by atoms with van der Waals surface area (Å²) in [7, 11) is 1.29. The highest BCUT2D eigenvalue weighted by Gasteiger charge is 2.33. The number of thiophene rings is 1. The Morgan fingerprint density at radius 3 is 2.76 bits per heavy atom. The number of hydrogen-bond acceptors (Lipinski definition) is 5. The molecule has 0 N–H and O–H groups in total.